The van der Waals surface area contributed by atoms with Gasteiger partial charge in [-0.2, -0.15) is 18.3 Å². The van der Waals surface area contributed by atoms with Crippen LogP contribution in [0.25, 0.3) is 10.9 Å². The van der Waals surface area contributed by atoms with Gasteiger partial charge in [0.1, 0.15) is 11.4 Å². The summed E-state index contributed by atoms with van der Waals surface area (Å²) >= 11 is 0. The number of amides is 1. The minimum absolute atomic E-state index is 0.0169. The normalized spacial score (nSPS) is 16.5. The van der Waals surface area contributed by atoms with Crippen LogP contribution >= 0.6 is 0 Å². The SMILES string of the molecule is COC(=O)c1cc2nn(C3CCOC3)cc2cc1NC(=O)c1cccc(C(F)(F)F)n1. The summed E-state index contributed by atoms with van der Waals surface area (Å²) in [6.45, 7) is 1.14. The van der Waals surface area contributed by atoms with Crippen LogP contribution in [0.1, 0.15) is 39.0 Å². The number of anilines is 1. The number of rotatable bonds is 4. The number of pyridine rings is 1. The second kappa shape index (κ2) is 7.99. The molecule has 1 aromatic carbocycles. The first-order valence-corrected chi connectivity index (χ1v) is 9.31. The molecular weight excluding hydrogens is 417 g/mol. The average molecular weight is 434 g/mol. The molecule has 1 saturated heterocycles. The van der Waals surface area contributed by atoms with E-state index >= 15 is 0 Å². The minimum atomic E-state index is -4.69. The number of methoxy groups -OCH3 is 1. The van der Waals surface area contributed by atoms with Gasteiger partial charge in [-0.1, -0.05) is 6.07 Å². The van der Waals surface area contributed by atoms with Gasteiger partial charge in [0.2, 0.25) is 0 Å². The van der Waals surface area contributed by atoms with E-state index in [2.05, 4.69) is 15.4 Å². The highest BCUT2D eigenvalue weighted by atomic mass is 19.4. The molecule has 31 heavy (non-hydrogen) atoms. The third-order valence-electron chi connectivity index (χ3n) is 4.87. The number of hydrogen-bond acceptors (Lipinski definition) is 6. The molecule has 0 aliphatic carbocycles. The van der Waals surface area contributed by atoms with E-state index in [1.807, 2.05) is 0 Å². The summed E-state index contributed by atoms with van der Waals surface area (Å²) in [5.41, 5.74) is -1.04. The second-order valence-corrected chi connectivity index (χ2v) is 6.93. The summed E-state index contributed by atoms with van der Waals surface area (Å²) in [5, 5.41) is 7.56. The number of hydrogen-bond donors (Lipinski definition) is 1. The Morgan fingerprint density at radius 3 is 2.77 bits per heavy atom. The lowest BCUT2D eigenvalue weighted by Gasteiger charge is -2.11. The number of halogens is 3. The van der Waals surface area contributed by atoms with E-state index in [1.54, 1.807) is 10.9 Å². The molecule has 3 heterocycles. The van der Waals surface area contributed by atoms with Gasteiger partial charge in [-0.3, -0.25) is 9.48 Å². The van der Waals surface area contributed by atoms with Crippen molar-refractivity contribution in [3.63, 3.8) is 0 Å². The molecule has 2 aromatic heterocycles. The predicted octanol–water partition coefficient (Wildman–Crippen LogP) is 3.45. The van der Waals surface area contributed by atoms with Crippen LogP contribution in [0.5, 0.6) is 0 Å². The highest BCUT2D eigenvalue weighted by Crippen LogP contribution is 2.29. The van der Waals surface area contributed by atoms with Crippen molar-refractivity contribution in [2.45, 2.75) is 18.6 Å². The van der Waals surface area contributed by atoms with E-state index in [0.29, 0.717) is 24.1 Å². The fourth-order valence-electron chi connectivity index (χ4n) is 3.30. The lowest BCUT2D eigenvalue weighted by molar-refractivity contribution is -0.141. The third kappa shape index (κ3) is 4.22. The molecule has 0 bridgehead atoms. The second-order valence-electron chi connectivity index (χ2n) is 6.93. The van der Waals surface area contributed by atoms with Crippen LogP contribution in [0.3, 0.4) is 0 Å². The van der Waals surface area contributed by atoms with Gasteiger partial charge in [0.25, 0.3) is 5.91 Å². The van der Waals surface area contributed by atoms with Gasteiger partial charge in [0, 0.05) is 18.2 Å². The highest BCUT2D eigenvalue weighted by Gasteiger charge is 2.33. The Hall–Kier alpha value is -3.47. The van der Waals surface area contributed by atoms with E-state index in [-0.39, 0.29) is 17.3 Å². The molecule has 1 aliphatic rings. The number of benzene rings is 1. The molecule has 1 N–H and O–H groups in total. The summed E-state index contributed by atoms with van der Waals surface area (Å²) in [6, 6.07) is 6.04. The number of esters is 1. The van der Waals surface area contributed by atoms with E-state index in [9.17, 15) is 22.8 Å². The fourth-order valence-corrected chi connectivity index (χ4v) is 3.30. The first kappa shape index (κ1) is 20.8. The molecule has 8 nitrogen and oxygen atoms in total. The molecule has 1 aliphatic heterocycles. The summed E-state index contributed by atoms with van der Waals surface area (Å²) < 4.78 is 50.6. The monoisotopic (exact) mass is 434 g/mol. The Bertz CT molecular complexity index is 1150. The molecule has 0 radical (unpaired) electrons. The molecule has 11 heteroatoms. The van der Waals surface area contributed by atoms with E-state index in [4.69, 9.17) is 9.47 Å². The topological polar surface area (TPSA) is 95.3 Å². The Kier molecular flexibility index (Phi) is 5.36. The number of nitrogens with one attached hydrogen (secondary N) is 1. The quantitative estimate of drug-likeness (QED) is 0.632. The van der Waals surface area contributed by atoms with E-state index in [0.717, 1.165) is 24.6 Å². The zero-order valence-corrected chi connectivity index (χ0v) is 16.3. The van der Waals surface area contributed by atoms with Gasteiger partial charge in [-0.15, -0.1) is 0 Å². The van der Waals surface area contributed by atoms with Gasteiger partial charge in [0.05, 0.1) is 36.5 Å². The van der Waals surface area contributed by atoms with Gasteiger partial charge in [-0.05, 0) is 30.7 Å². The van der Waals surface area contributed by atoms with Crippen LogP contribution in [0, 0.1) is 0 Å². The van der Waals surface area contributed by atoms with Crippen LogP contribution in [0.2, 0.25) is 0 Å². The van der Waals surface area contributed by atoms with Crippen LogP contribution in [0.4, 0.5) is 18.9 Å². The van der Waals surface area contributed by atoms with Crippen molar-refractivity contribution in [1.82, 2.24) is 14.8 Å². The maximum Gasteiger partial charge on any atom is 0.433 e. The lowest BCUT2D eigenvalue weighted by Crippen LogP contribution is -2.18. The first-order chi connectivity index (χ1) is 14.8. The summed E-state index contributed by atoms with van der Waals surface area (Å²) in [6.07, 6.45) is -2.14. The van der Waals surface area contributed by atoms with Gasteiger partial charge in [-0.25, -0.2) is 9.78 Å². The average Bonchev–Trinajstić information content (AvgIpc) is 3.41. The molecule has 1 amide bonds. The van der Waals surface area contributed by atoms with Crippen LogP contribution in [-0.4, -0.2) is 47.0 Å². The summed E-state index contributed by atoms with van der Waals surface area (Å²) in [4.78, 5) is 28.2. The van der Waals surface area contributed by atoms with Crippen molar-refractivity contribution >= 4 is 28.5 Å². The molecule has 4 rings (SSSR count). The van der Waals surface area contributed by atoms with Crippen molar-refractivity contribution in [3.05, 3.63) is 53.5 Å². The Morgan fingerprint density at radius 2 is 2.10 bits per heavy atom. The highest BCUT2D eigenvalue weighted by molar-refractivity contribution is 6.09. The van der Waals surface area contributed by atoms with Crippen molar-refractivity contribution in [3.8, 4) is 0 Å². The van der Waals surface area contributed by atoms with Crippen molar-refractivity contribution in [1.29, 1.82) is 0 Å². The predicted molar refractivity (Wildman–Crippen MR) is 103 cm³/mol. The molecule has 1 fully saturated rings. The first-order valence-electron chi connectivity index (χ1n) is 9.31. The van der Waals surface area contributed by atoms with Crippen molar-refractivity contribution in [2.24, 2.45) is 0 Å². The van der Waals surface area contributed by atoms with E-state index in [1.165, 1.54) is 19.2 Å². The Labute approximate surface area is 174 Å². The molecule has 1 atom stereocenters. The van der Waals surface area contributed by atoms with Crippen molar-refractivity contribution < 1.29 is 32.2 Å². The number of ether oxygens (including phenoxy) is 2. The number of alkyl halides is 3. The fraction of sp³-hybridized carbons (Fsp3) is 0.300. The van der Waals surface area contributed by atoms with Gasteiger partial charge in [0.15, 0.2) is 0 Å². The van der Waals surface area contributed by atoms with Crippen LogP contribution in [0.15, 0.2) is 36.5 Å². The van der Waals surface area contributed by atoms with Crippen molar-refractivity contribution in [2.75, 3.05) is 25.6 Å². The zero-order chi connectivity index (χ0) is 22.2. The largest absolute Gasteiger partial charge is 0.465 e. The number of nitrogens with zero attached hydrogens (tertiary/aromatic N) is 3. The molecular formula is C20H17F3N4O4. The lowest BCUT2D eigenvalue weighted by atomic mass is 10.1. The van der Waals surface area contributed by atoms with E-state index < -0.39 is 29.4 Å². The summed E-state index contributed by atoms with van der Waals surface area (Å²) in [7, 11) is 1.18. The van der Waals surface area contributed by atoms with Crippen LogP contribution < -0.4 is 5.32 Å². The minimum Gasteiger partial charge on any atom is -0.465 e. The third-order valence-corrected chi connectivity index (χ3v) is 4.87. The Balaban J connectivity index is 1.69. The standard InChI is InChI=1S/C20H17F3N4O4/c1-30-19(29)13-8-15-11(9-27(26-15)12-5-6-31-10-12)7-16(13)25-18(28)14-3-2-4-17(24-14)20(21,22)23/h2-4,7-9,12H,5-6,10H2,1H3,(H,25,28). The summed E-state index contributed by atoms with van der Waals surface area (Å²) in [5.74, 6) is -1.62. The van der Waals surface area contributed by atoms with Gasteiger partial charge < -0.3 is 14.8 Å². The number of aromatic nitrogens is 3. The smallest absolute Gasteiger partial charge is 0.433 e. The maximum atomic E-state index is 12.9. The van der Waals surface area contributed by atoms with Gasteiger partial charge >= 0.3 is 12.1 Å². The molecule has 3 aromatic rings. The maximum absolute atomic E-state index is 12.9. The molecule has 162 valence electrons. The molecule has 1 unspecified atom stereocenters. The number of carbonyl (C=O) groups is 2. The molecule has 0 saturated carbocycles. The van der Waals surface area contributed by atoms with Crippen LogP contribution in [-0.2, 0) is 15.7 Å². The molecule has 0 spiro atoms. The zero-order valence-electron chi connectivity index (χ0n) is 16.3. The number of carbonyl (C=O) groups excluding carboxylic acids is 2. The Morgan fingerprint density at radius 1 is 1.29 bits per heavy atom. The number of fused-ring (bicyclic) bond motifs is 1.